The molecule has 0 fully saturated rings. The Morgan fingerprint density at radius 3 is 2.67 bits per heavy atom. The summed E-state index contributed by atoms with van der Waals surface area (Å²) in [4.78, 5) is 2.19. The first-order chi connectivity index (χ1) is 7.00. The Morgan fingerprint density at radius 1 is 1.53 bits per heavy atom. The predicted molar refractivity (Wildman–Crippen MR) is 67.5 cm³/mol. The van der Waals surface area contributed by atoms with Crippen molar-refractivity contribution in [1.82, 2.24) is 9.27 Å². The third-order valence-corrected chi connectivity index (χ3v) is 3.24. The smallest absolute Gasteiger partial charge is 0.142 e. The molecule has 0 aliphatic rings. The van der Waals surface area contributed by atoms with Gasteiger partial charge >= 0.3 is 0 Å². The molecule has 0 aromatic carbocycles. The topological polar surface area (TPSA) is 54.2 Å². The van der Waals surface area contributed by atoms with E-state index >= 15 is 0 Å². The van der Waals surface area contributed by atoms with Crippen molar-refractivity contribution in [3.05, 3.63) is 5.56 Å². The van der Waals surface area contributed by atoms with Gasteiger partial charge in [-0.15, -0.1) is 0 Å². The summed E-state index contributed by atoms with van der Waals surface area (Å²) in [5, 5.41) is 4.53. The van der Waals surface area contributed by atoms with Crippen LogP contribution in [0.3, 0.4) is 0 Å². The van der Waals surface area contributed by atoms with Crippen molar-refractivity contribution in [2.24, 2.45) is 0 Å². The number of nitrogen functional groups attached to an aromatic ring is 1. The van der Waals surface area contributed by atoms with Gasteiger partial charge in [-0.2, -0.15) is 4.37 Å². The van der Waals surface area contributed by atoms with E-state index in [4.69, 9.17) is 5.73 Å². The van der Waals surface area contributed by atoms with Gasteiger partial charge in [0.2, 0.25) is 0 Å². The van der Waals surface area contributed by atoms with E-state index in [1.165, 1.54) is 11.5 Å². The van der Waals surface area contributed by atoms with Crippen LogP contribution in [0.2, 0.25) is 0 Å². The molecule has 0 radical (unpaired) electrons. The van der Waals surface area contributed by atoms with Crippen molar-refractivity contribution < 1.29 is 0 Å². The van der Waals surface area contributed by atoms with E-state index < -0.39 is 0 Å². The summed E-state index contributed by atoms with van der Waals surface area (Å²) in [7, 11) is 4.17. The normalized spacial score (nSPS) is 13.1. The van der Waals surface area contributed by atoms with Crippen LogP contribution in [0.15, 0.2) is 0 Å². The van der Waals surface area contributed by atoms with Gasteiger partial charge in [0.25, 0.3) is 0 Å². The fourth-order valence-electron chi connectivity index (χ4n) is 1.23. The molecule has 5 heteroatoms. The minimum atomic E-state index is 0.450. The number of nitrogens with two attached hydrogens (primary N) is 1. The SMILES string of the molecule is Cc1c(N)nsc1NC(C)CCN(C)C. The minimum absolute atomic E-state index is 0.450. The average Bonchev–Trinajstić information content (AvgIpc) is 2.47. The fourth-order valence-corrected chi connectivity index (χ4v) is 2.05. The molecule has 0 saturated heterocycles. The average molecular weight is 228 g/mol. The molecule has 1 unspecified atom stereocenters. The maximum absolute atomic E-state index is 5.69. The zero-order chi connectivity index (χ0) is 11.4. The Morgan fingerprint density at radius 2 is 2.20 bits per heavy atom. The number of aromatic nitrogens is 1. The number of rotatable bonds is 5. The van der Waals surface area contributed by atoms with Crippen LogP contribution in [0, 0.1) is 6.92 Å². The Balaban J connectivity index is 2.44. The molecule has 1 atom stereocenters. The summed E-state index contributed by atoms with van der Waals surface area (Å²) in [5.74, 6) is 0.641. The molecule has 1 aromatic heterocycles. The standard InChI is InChI=1S/C10H20N4S/c1-7(5-6-14(3)4)12-10-8(2)9(11)13-15-10/h7,12H,5-6H2,1-4H3,(H2,11,13). The lowest BCUT2D eigenvalue weighted by atomic mass is 10.2. The molecule has 1 heterocycles. The van der Waals surface area contributed by atoms with E-state index in [0.717, 1.165) is 23.5 Å². The van der Waals surface area contributed by atoms with Crippen LogP contribution in [-0.2, 0) is 0 Å². The summed E-state index contributed by atoms with van der Waals surface area (Å²) in [6.45, 7) is 5.26. The highest BCUT2D eigenvalue weighted by atomic mass is 32.1. The zero-order valence-electron chi connectivity index (χ0n) is 9.87. The highest BCUT2D eigenvalue weighted by Gasteiger charge is 2.09. The first-order valence-electron chi connectivity index (χ1n) is 5.13. The van der Waals surface area contributed by atoms with Crippen LogP contribution in [0.5, 0.6) is 0 Å². The second-order valence-corrected chi connectivity index (χ2v) is 4.93. The summed E-state index contributed by atoms with van der Waals surface area (Å²) >= 11 is 1.44. The van der Waals surface area contributed by atoms with Crippen LogP contribution in [0.1, 0.15) is 18.9 Å². The number of nitrogens with zero attached hydrogens (tertiary/aromatic N) is 2. The summed E-state index contributed by atoms with van der Waals surface area (Å²) in [6.07, 6.45) is 1.12. The molecule has 0 amide bonds. The van der Waals surface area contributed by atoms with Crippen LogP contribution >= 0.6 is 11.5 Å². The van der Waals surface area contributed by atoms with E-state index in [-0.39, 0.29) is 0 Å². The van der Waals surface area contributed by atoms with Crippen molar-refractivity contribution in [2.75, 3.05) is 31.7 Å². The molecule has 1 aromatic rings. The minimum Gasteiger partial charge on any atom is -0.383 e. The van der Waals surface area contributed by atoms with Crippen molar-refractivity contribution in [3.63, 3.8) is 0 Å². The monoisotopic (exact) mass is 228 g/mol. The van der Waals surface area contributed by atoms with E-state index in [9.17, 15) is 0 Å². The molecule has 4 nitrogen and oxygen atoms in total. The van der Waals surface area contributed by atoms with Crippen molar-refractivity contribution in [2.45, 2.75) is 26.3 Å². The van der Waals surface area contributed by atoms with Gasteiger partial charge in [0, 0.05) is 11.6 Å². The second-order valence-electron chi connectivity index (χ2n) is 4.16. The number of hydrogen-bond donors (Lipinski definition) is 2. The molecule has 0 bridgehead atoms. The quantitative estimate of drug-likeness (QED) is 0.806. The van der Waals surface area contributed by atoms with Gasteiger partial charge in [-0.3, -0.25) is 0 Å². The third-order valence-electron chi connectivity index (χ3n) is 2.35. The summed E-state index contributed by atoms with van der Waals surface area (Å²) in [6, 6.07) is 0.450. The third kappa shape index (κ3) is 3.68. The van der Waals surface area contributed by atoms with Crippen LogP contribution < -0.4 is 11.1 Å². The lowest BCUT2D eigenvalue weighted by Crippen LogP contribution is -2.22. The number of hydrogen-bond acceptors (Lipinski definition) is 5. The summed E-state index contributed by atoms with van der Waals surface area (Å²) in [5.41, 5.74) is 6.76. The molecular formula is C10H20N4S. The maximum Gasteiger partial charge on any atom is 0.142 e. The van der Waals surface area contributed by atoms with E-state index in [0.29, 0.717) is 11.9 Å². The highest BCUT2D eigenvalue weighted by molar-refractivity contribution is 7.10. The van der Waals surface area contributed by atoms with Gasteiger partial charge in [-0.05, 0) is 52.4 Å². The lowest BCUT2D eigenvalue weighted by Gasteiger charge is -2.16. The fraction of sp³-hybridized carbons (Fsp3) is 0.700. The Bertz CT molecular complexity index is 308. The number of anilines is 2. The Labute approximate surface area is 95.6 Å². The van der Waals surface area contributed by atoms with Crippen molar-refractivity contribution in [3.8, 4) is 0 Å². The van der Waals surface area contributed by atoms with Gasteiger partial charge in [0.05, 0.1) is 0 Å². The molecule has 15 heavy (non-hydrogen) atoms. The predicted octanol–water partition coefficient (Wildman–Crippen LogP) is 1.79. The lowest BCUT2D eigenvalue weighted by molar-refractivity contribution is 0.390. The molecule has 0 saturated carbocycles. The van der Waals surface area contributed by atoms with Crippen LogP contribution in [0.4, 0.5) is 10.8 Å². The van der Waals surface area contributed by atoms with Crippen LogP contribution in [-0.4, -0.2) is 36.0 Å². The van der Waals surface area contributed by atoms with Gasteiger partial charge in [0.15, 0.2) is 0 Å². The van der Waals surface area contributed by atoms with Crippen molar-refractivity contribution >= 4 is 22.4 Å². The summed E-state index contributed by atoms with van der Waals surface area (Å²) < 4.78 is 4.11. The maximum atomic E-state index is 5.69. The Hall–Kier alpha value is -0.810. The second kappa shape index (κ2) is 5.32. The molecule has 0 spiro atoms. The molecule has 3 N–H and O–H groups in total. The molecule has 0 aliphatic carbocycles. The number of nitrogens with one attached hydrogen (secondary N) is 1. The van der Waals surface area contributed by atoms with Gasteiger partial charge < -0.3 is 16.0 Å². The van der Waals surface area contributed by atoms with Crippen molar-refractivity contribution in [1.29, 1.82) is 0 Å². The zero-order valence-corrected chi connectivity index (χ0v) is 10.7. The highest BCUT2D eigenvalue weighted by Crippen LogP contribution is 2.26. The molecule has 86 valence electrons. The largest absolute Gasteiger partial charge is 0.383 e. The molecule has 0 aliphatic heterocycles. The Kier molecular flexibility index (Phi) is 4.35. The first-order valence-corrected chi connectivity index (χ1v) is 5.91. The van der Waals surface area contributed by atoms with E-state index in [1.807, 2.05) is 6.92 Å². The van der Waals surface area contributed by atoms with E-state index in [2.05, 4.69) is 35.6 Å². The van der Waals surface area contributed by atoms with Gasteiger partial charge in [-0.25, -0.2) is 0 Å². The van der Waals surface area contributed by atoms with Gasteiger partial charge in [-0.1, -0.05) is 0 Å². The molecular weight excluding hydrogens is 208 g/mol. The van der Waals surface area contributed by atoms with Gasteiger partial charge in [0.1, 0.15) is 10.8 Å². The van der Waals surface area contributed by atoms with E-state index in [1.54, 1.807) is 0 Å². The molecule has 1 rings (SSSR count). The van der Waals surface area contributed by atoms with Crippen LogP contribution in [0.25, 0.3) is 0 Å². The first kappa shape index (κ1) is 12.3.